The summed E-state index contributed by atoms with van der Waals surface area (Å²) in [5.41, 5.74) is 2.00. The molecule has 0 aromatic heterocycles. The Morgan fingerprint density at radius 1 is 1.20 bits per heavy atom. The van der Waals surface area contributed by atoms with Gasteiger partial charge in [0.15, 0.2) is 0 Å². The van der Waals surface area contributed by atoms with Crippen LogP contribution in [-0.2, 0) is 0 Å². The summed E-state index contributed by atoms with van der Waals surface area (Å²) in [5.74, 6) is -0.432. The molecule has 20 heavy (non-hydrogen) atoms. The van der Waals surface area contributed by atoms with E-state index in [1.54, 1.807) is 55.3 Å². The summed E-state index contributed by atoms with van der Waals surface area (Å²) in [4.78, 5) is 1.62. The average Bonchev–Trinajstić information content (AvgIpc) is 2.46. The molecule has 3 nitrogen and oxygen atoms in total. The minimum absolute atomic E-state index is 0.358. The van der Waals surface area contributed by atoms with E-state index in [-0.39, 0.29) is 0 Å². The molecule has 0 bridgehead atoms. The van der Waals surface area contributed by atoms with Crippen LogP contribution >= 0.6 is 0 Å². The van der Waals surface area contributed by atoms with Crippen molar-refractivity contribution in [2.24, 2.45) is 0 Å². The van der Waals surface area contributed by atoms with Crippen LogP contribution in [0.3, 0.4) is 0 Å². The molecule has 1 atom stereocenters. The smallest absolute Gasteiger partial charge is 0.147 e. The van der Waals surface area contributed by atoms with E-state index in [1.165, 1.54) is 6.07 Å². The number of nitriles is 1. The molecule has 0 aliphatic heterocycles. The van der Waals surface area contributed by atoms with Crippen molar-refractivity contribution < 1.29 is 9.50 Å². The van der Waals surface area contributed by atoms with Crippen LogP contribution in [-0.4, -0.2) is 12.2 Å². The average molecular weight is 270 g/mol. The van der Waals surface area contributed by atoms with Crippen molar-refractivity contribution in [2.75, 3.05) is 11.9 Å². The summed E-state index contributed by atoms with van der Waals surface area (Å²) in [5, 5.41) is 18.6. The van der Waals surface area contributed by atoms with E-state index >= 15 is 0 Å². The van der Waals surface area contributed by atoms with Crippen molar-refractivity contribution in [1.29, 1.82) is 5.26 Å². The lowest BCUT2D eigenvalue weighted by Gasteiger charge is -2.21. The Kier molecular flexibility index (Phi) is 4.02. The summed E-state index contributed by atoms with van der Waals surface area (Å²) < 4.78 is 14.1. The summed E-state index contributed by atoms with van der Waals surface area (Å²) in [6.45, 7) is 1.59. The Hall–Kier alpha value is -2.38. The summed E-state index contributed by atoms with van der Waals surface area (Å²) in [6.07, 6.45) is -0.713. The van der Waals surface area contributed by atoms with Gasteiger partial charge >= 0.3 is 0 Å². The van der Waals surface area contributed by atoms with E-state index in [4.69, 9.17) is 5.26 Å². The van der Waals surface area contributed by atoms with Crippen molar-refractivity contribution in [2.45, 2.75) is 13.0 Å². The van der Waals surface area contributed by atoms with E-state index < -0.39 is 11.9 Å². The molecule has 4 heteroatoms. The Balaban J connectivity index is 2.44. The summed E-state index contributed by atoms with van der Waals surface area (Å²) in [6, 6.07) is 13.7. The third-order valence-electron chi connectivity index (χ3n) is 3.20. The predicted molar refractivity (Wildman–Crippen MR) is 76.3 cm³/mol. The second-order valence-electron chi connectivity index (χ2n) is 4.57. The molecule has 1 unspecified atom stereocenters. The zero-order valence-corrected chi connectivity index (χ0v) is 11.3. The topological polar surface area (TPSA) is 47.3 Å². The highest BCUT2D eigenvalue weighted by Gasteiger charge is 2.14. The molecular weight excluding hydrogens is 255 g/mol. The Morgan fingerprint density at radius 3 is 2.50 bits per heavy atom. The van der Waals surface area contributed by atoms with Gasteiger partial charge in [0.25, 0.3) is 0 Å². The SMILES string of the molecule is CC(O)c1ccc(N(C)c2ccccc2C#N)c(F)c1. The molecule has 0 aliphatic rings. The fraction of sp³-hybridized carbons (Fsp3) is 0.188. The van der Waals surface area contributed by atoms with Gasteiger partial charge in [-0.3, -0.25) is 0 Å². The molecule has 102 valence electrons. The third-order valence-corrected chi connectivity index (χ3v) is 3.20. The van der Waals surface area contributed by atoms with Crippen LogP contribution in [0.4, 0.5) is 15.8 Å². The van der Waals surface area contributed by atoms with Gasteiger partial charge in [-0.1, -0.05) is 18.2 Å². The first-order valence-electron chi connectivity index (χ1n) is 6.25. The standard InChI is InChI=1S/C16H15FN2O/c1-11(20)12-7-8-16(14(17)9-12)19(2)15-6-4-3-5-13(15)10-18/h3-9,11,20H,1-2H3. The molecule has 1 N–H and O–H groups in total. The fourth-order valence-electron chi connectivity index (χ4n) is 2.05. The number of anilines is 2. The molecule has 0 fully saturated rings. The fourth-order valence-corrected chi connectivity index (χ4v) is 2.05. The van der Waals surface area contributed by atoms with E-state index in [9.17, 15) is 9.50 Å². The number of halogens is 1. The van der Waals surface area contributed by atoms with Gasteiger partial charge in [-0.25, -0.2) is 4.39 Å². The molecule has 0 saturated heterocycles. The number of hydrogen-bond donors (Lipinski definition) is 1. The lowest BCUT2D eigenvalue weighted by atomic mass is 10.1. The van der Waals surface area contributed by atoms with Crippen LogP contribution in [0, 0.1) is 17.1 Å². The maximum atomic E-state index is 14.1. The van der Waals surface area contributed by atoms with Gasteiger partial charge in [-0.2, -0.15) is 5.26 Å². The van der Waals surface area contributed by atoms with Crippen LogP contribution in [0.5, 0.6) is 0 Å². The van der Waals surface area contributed by atoms with Crippen LogP contribution in [0.1, 0.15) is 24.2 Å². The van der Waals surface area contributed by atoms with Crippen molar-refractivity contribution >= 4 is 11.4 Å². The number of hydrogen-bond acceptors (Lipinski definition) is 3. The van der Waals surface area contributed by atoms with Gasteiger partial charge in [0.1, 0.15) is 11.9 Å². The van der Waals surface area contributed by atoms with Gasteiger partial charge < -0.3 is 10.0 Å². The van der Waals surface area contributed by atoms with Crippen molar-refractivity contribution in [1.82, 2.24) is 0 Å². The van der Waals surface area contributed by atoms with Gasteiger partial charge in [0.05, 0.1) is 23.0 Å². The highest BCUT2D eigenvalue weighted by Crippen LogP contribution is 2.30. The molecule has 2 rings (SSSR count). The molecule has 0 saturated carbocycles. The highest BCUT2D eigenvalue weighted by atomic mass is 19.1. The molecule has 0 radical (unpaired) electrons. The number of benzene rings is 2. The molecule has 0 aliphatic carbocycles. The number of aliphatic hydroxyl groups excluding tert-OH is 1. The zero-order valence-electron chi connectivity index (χ0n) is 11.3. The van der Waals surface area contributed by atoms with Crippen LogP contribution in [0.25, 0.3) is 0 Å². The number of para-hydroxylation sites is 1. The molecular formula is C16H15FN2O. The molecule has 2 aromatic rings. The van der Waals surface area contributed by atoms with Crippen molar-refractivity contribution in [3.05, 3.63) is 59.4 Å². The largest absolute Gasteiger partial charge is 0.389 e. The maximum Gasteiger partial charge on any atom is 0.147 e. The number of rotatable bonds is 3. The third kappa shape index (κ3) is 2.63. The van der Waals surface area contributed by atoms with Crippen molar-refractivity contribution in [3.63, 3.8) is 0 Å². The van der Waals surface area contributed by atoms with Gasteiger partial charge in [0.2, 0.25) is 0 Å². The molecule has 2 aromatic carbocycles. The van der Waals surface area contributed by atoms with Crippen LogP contribution in [0.15, 0.2) is 42.5 Å². The summed E-state index contributed by atoms with van der Waals surface area (Å²) >= 11 is 0. The summed E-state index contributed by atoms with van der Waals surface area (Å²) in [7, 11) is 1.70. The first-order chi connectivity index (χ1) is 9.54. The van der Waals surface area contributed by atoms with E-state index in [0.29, 0.717) is 22.5 Å². The normalized spacial score (nSPS) is 11.8. The molecule has 0 spiro atoms. The second kappa shape index (κ2) is 5.72. The minimum Gasteiger partial charge on any atom is -0.389 e. The van der Waals surface area contributed by atoms with E-state index in [1.807, 2.05) is 0 Å². The monoisotopic (exact) mass is 270 g/mol. The van der Waals surface area contributed by atoms with Gasteiger partial charge in [-0.05, 0) is 36.8 Å². The van der Waals surface area contributed by atoms with Gasteiger partial charge in [-0.15, -0.1) is 0 Å². The molecule has 0 amide bonds. The highest BCUT2D eigenvalue weighted by molar-refractivity contribution is 5.69. The minimum atomic E-state index is -0.713. The Labute approximate surface area is 117 Å². The molecule has 0 heterocycles. The second-order valence-corrected chi connectivity index (χ2v) is 4.57. The lowest BCUT2D eigenvalue weighted by molar-refractivity contribution is 0.199. The first-order valence-corrected chi connectivity index (χ1v) is 6.25. The van der Waals surface area contributed by atoms with Gasteiger partial charge in [0, 0.05) is 7.05 Å². The number of aliphatic hydroxyl groups is 1. The van der Waals surface area contributed by atoms with Crippen molar-refractivity contribution in [3.8, 4) is 6.07 Å². The van der Waals surface area contributed by atoms with E-state index in [0.717, 1.165) is 0 Å². The Bertz CT molecular complexity index is 662. The lowest BCUT2D eigenvalue weighted by Crippen LogP contribution is -2.13. The first kappa shape index (κ1) is 14.0. The maximum absolute atomic E-state index is 14.1. The van der Waals surface area contributed by atoms with Crippen LogP contribution < -0.4 is 4.90 Å². The quantitative estimate of drug-likeness (QED) is 0.928. The van der Waals surface area contributed by atoms with Crippen LogP contribution in [0.2, 0.25) is 0 Å². The number of nitrogens with zero attached hydrogens (tertiary/aromatic N) is 2. The predicted octanol–water partition coefficient (Wildman–Crippen LogP) is 3.52. The Morgan fingerprint density at radius 2 is 1.90 bits per heavy atom. The zero-order chi connectivity index (χ0) is 14.7. The van der Waals surface area contributed by atoms with E-state index in [2.05, 4.69) is 6.07 Å².